The largest absolute Gasteiger partial charge is 0.868 e. The molecule has 0 spiro atoms. The van der Waals surface area contributed by atoms with Crippen LogP contribution in [-0.4, -0.2) is 4.92 Å². The lowest BCUT2D eigenvalue weighted by molar-refractivity contribution is -0.398. The van der Waals surface area contributed by atoms with E-state index in [2.05, 4.69) is 0 Å². The Bertz CT molecular complexity index is 554. The molecule has 5 heteroatoms. The van der Waals surface area contributed by atoms with Crippen LogP contribution in [-0.2, 0) is 6.61 Å². The Morgan fingerprint density at radius 3 is 2.44 bits per heavy atom. The summed E-state index contributed by atoms with van der Waals surface area (Å²) < 4.78 is 5.39. The van der Waals surface area contributed by atoms with Crippen LogP contribution in [0.1, 0.15) is 5.56 Å². The van der Waals surface area contributed by atoms with Gasteiger partial charge in [0.05, 0.1) is 4.92 Å². The maximum atomic E-state index is 11.4. The summed E-state index contributed by atoms with van der Waals surface area (Å²) in [4.78, 5) is 9.77. The van der Waals surface area contributed by atoms with Gasteiger partial charge in [0.2, 0.25) is 0 Å². The second kappa shape index (κ2) is 5.18. The minimum atomic E-state index is -0.705. The van der Waals surface area contributed by atoms with Crippen LogP contribution >= 0.6 is 0 Å². The van der Waals surface area contributed by atoms with E-state index in [0.29, 0.717) is 12.4 Å². The molecule has 0 unspecified atom stereocenters. The van der Waals surface area contributed by atoms with Crippen molar-refractivity contribution in [1.82, 2.24) is 0 Å². The van der Waals surface area contributed by atoms with Crippen LogP contribution in [0, 0.1) is 10.1 Å². The highest BCUT2D eigenvalue weighted by Gasteiger charge is 2.07. The number of hydrogen-bond donors (Lipinski definition) is 0. The average molecular weight is 244 g/mol. The molecule has 2 aromatic rings. The molecular formula is C13H10NO4-. The Morgan fingerprint density at radius 2 is 1.83 bits per heavy atom. The van der Waals surface area contributed by atoms with Crippen LogP contribution in [0.25, 0.3) is 0 Å². The van der Waals surface area contributed by atoms with Gasteiger partial charge >= 0.3 is 0 Å². The van der Waals surface area contributed by atoms with Crippen LogP contribution in [0.4, 0.5) is 5.69 Å². The lowest BCUT2D eigenvalue weighted by atomic mass is 10.2. The molecule has 5 nitrogen and oxygen atoms in total. The van der Waals surface area contributed by atoms with Gasteiger partial charge in [-0.05, 0) is 23.4 Å². The normalized spacial score (nSPS) is 10.0. The number of benzene rings is 2. The van der Waals surface area contributed by atoms with Crippen molar-refractivity contribution in [3.05, 3.63) is 64.2 Å². The van der Waals surface area contributed by atoms with Crippen molar-refractivity contribution in [3.63, 3.8) is 0 Å². The van der Waals surface area contributed by atoms with Crippen LogP contribution in [0.2, 0.25) is 0 Å². The molecule has 0 bridgehead atoms. The zero-order valence-electron chi connectivity index (χ0n) is 9.41. The van der Waals surface area contributed by atoms with Crippen molar-refractivity contribution >= 4 is 5.69 Å². The molecule has 18 heavy (non-hydrogen) atoms. The van der Waals surface area contributed by atoms with E-state index in [4.69, 9.17) is 4.74 Å². The molecule has 0 N–H and O–H groups in total. The number of ether oxygens (including phenoxy) is 1. The van der Waals surface area contributed by atoms with E-state index in [-0.39, 0.29) is 0 Å². The molecule has 2 rings (SSSR count). The summed E-state index contributed by atoms with van der Waals surface area (Å²) in [6, 6.07) is 13.1. The summed E-state index contributed by atoms with van der Waals surface area (Å²) in [5, 5.41) is 21.8. The van der Waals surface area contributed by atoms with E-state index in [0.717, 1.165) is 17.7 Å². The Morgan fingerprint density at radius 1 is 1.11 bits per heavy atom. The summed E-state index contributed by atoms with van der Waals surface area (Å²) >= 11 is 0. The molecule has 0 saturated heterocycles. The number of rotatable bonds is 4. The molecule has 0 aliphatic rings. The molecule has 0 atom stereocenters. The SMILES string of the molecule is O=[N+]([O-])c1ccc(OCc2ccccc2)cc1[O-]. The fourth-order valence-electron chi connectivity index (χ4n) is 1.48. The maximum absolute atomic E-state index is 11.4. The van der Waals surface area contributed by atoms with Crippen molar-refractivity contribution < 1.29 is 14.8 Å². The smallest absolute Gasteiger partial charge is 0.261 e. The summed E-state index contributed by atoms with van der Waals surface area (Å²) in [6.07, 6.45) is 0. The highest BCUT2D eigenvalue weighted by atomic mass is 16.6. The summed E-state index contributed by atoms with van der Waals surface area (Å²) in [5.41, 5.74) is 0.519. The molecule has 0 radical (unpaired) electrons. The molecule has 0 saturated carbocycles. The summed E-state index contributed by atoms with van der Waals surface area (Å²) in [5.74, 6) is -0.319. The number of nitro groups is 1. The van der Waals surface area contributed by atoms with Crippen LogP contribution in [0.5, 0.6) is 11.5 Å². The lowest BCUT2D eigenvalue weighted by Crippen LogP contribution is -2.00. The third-order valence-electron chi connectivity index (χ3n) is 2.38. The average Bonchev–Trinajstić information content (AvgIpc) is 2.37. The van der Waals surface area contributed by atoms with Crippen molar-refractivity contribution in [2.45, 2.75) is 6.61 Å². The number of nitrogens with zero attached hydrogens (tertiary/aromatic N) is 1. The third kappa shape index (κ3) is 2.76. The molecule has 0 aliphatic heterocycles. The van der Waals surface area contributed by atoms with Gasteiger partial charge in [-0.25, -0.2) is 0 Å². The molecule has 0 aliphatic carbocycles. The van der Waals surface area contributed by atoms with Crippen molar-refractivity contribution in [1.29, 1.82) is 0 Å². The van der Waals surface area contributed by atoms with Crippen LogP contribution in [0.15, 0.2) is 48.5 Å². The van der Waals surface area contributed by atoms with Crippen molar-refractivity contribution in [3.8, 4) is 11.5 Å². The van der Waals surface area contributed by atoms with Gasteiger partial charge in [-0.2, -0.15) is 0 Å². The first-order chi connectivity index (χ1) is 8.66. The Labute approximate surface area is 103 Å². The van der Waals surface area contributed by atoms with Crippen LogP contribution in [0.3, 0.4) is 0 Å². The third-order valence-corrected chi connectivity index (χ3v) is 2.38. The van der Waals surface area contributed by atoms with Gasteiger partial charge in [0, 0.05) is 6.07 Å². The maximum Gasteiger partial charge on any atom is 0.261 e. The van der Waals surface area contributed by atoms with E-state index >= 15 is 0 Å². The Kier molecular flexibility index (Phi) is 3.43. The number of nitro benzene ring substituents is 1. The first-order valence-corrected chi connectivity index (χ1v) is 5.29. The van der Waals surface area contributed by atoms with E-state index in [1.165, 1.54) is 6.07 Å². The van der Waals surface area contributed by atoms with E-state index in [1.54, 1.807) is 0 Å². The second-order valence-corrected chi connectivity index (χ2v) is 3.66. The molecule has 0 aromatic heterocycles. The minimum absolute atomic E-state index is 0.318. The van der Waals surface area contributed by atoms with Gasteiger partial charge in [0.15, 0.2) is 0 Å². The highest BCUT2D eigenvalue weighted by Crippen LogP contribution is 2.27. The molecule has 92 valence electrons. The summed E-state index contributed by atoms with van der Waals surface area (Å²) in [7, 11) is 0. The zero-order chi connectivity index (χ0) is 13.0. The standard InChI is InChI=1S/C13H11NO4/c15-13-8-11(6-7-12(13)14(16)17)18-9-10-4-2-1-3-5-10/h1-8,15H,9H2/p-1. The molecule has 0 heterocycles. The predicted octanol–water partition coefficient (Wildman–Crippen LogP) is 2.25. The van der Waals surface area contributed by atoms with Gasteiger partial charge in [-0.1, -0.05) is 30.3 Å². The Balaban J connectivity index is 2.07. The second-order valence-electron chi connectivity index (χ2n) is 3.66. The quantitative estimate of drug-likeness (QED) is 0.610. The van der Waals surface area contributed by atoms with E-state index in [9.17, 15) is 15.2 Å². The topological polar surface area (TPSA) is 75.4 Å². The first-order valence-electron chi connectivity index (χ1n) is 5.29. The zero-order valence-corrected chi connectivity index (χ0v) is 9.41. The fraction of sp³-hybridized carbons (Fsp3) is 0.0769. The van der Waals surface area contributed by atoms with Gasteiger partial charge in [0.1, 0.15) is 12.4 Å². The minimum Gasteiger partial charge on any atom is -0.868 e. The van der Waals surface area contributed by atoms with Gasteiger partial charge in [-0.3, -0.25) is 10.1 Å². The molecule has 0 amide bonds. The van der Waals surface area contributed by atoms with Crippen LogP contribution < -0.4 is 9.84 Å². The molecule has 0 fully saturated rings. The highest BCUT2D eigenvalue weighted by molar-refractivity contribution is 5.48. The van der Waals surface area contributed by atoms with E-state index < -0.39 is 16.4 Å². The fourth-order valence-corrected chi connectivity index (χ4v) is 1.48. The van der Waals surface area contributed by atoms with Gasteiger partial charge < -0.3 is 9.84 Å². The molecular weight excluding hydrogens is 234 g/mol. The lowest BCUT2D eigenvalue weighted by Gasteiger charge is -2.10. The van der Waals surface area contributed by atoms with E-state index in [1.807, 2.05) is 30.3 Å². The number of hydrogen-bond acceptors (Lipinski definition) is 4. The predicted molar refractivity (Wildman–Crippen MR) is 63.3 cm³/mol. The first kappa shape index (κ1) is 11.9. The Hall–Kier alpha value is -2.56. The monoisotopic (exact) mass is 244 g/mol. The molecule has 2 aromatic carbocycles. The van der Waals surface area contributed by atoms with Gasteiger partial charge in [-0.15, -0.1) is 0 Å². The van der Waals surface area contributed by atoms with Gasteiger partial charge in [0.25, 0.3) is 5.69 Å². The van der Waals surface area contributed by atoms with Crippen molar-refractivity contribution in [2.75, 3.05) is 0 Å². The van der Waals surface area contributed by atoms with Crippen molar-refractivity contribution in [2.24, 2.45) is 0 Å². The summed E-state index contributed by atoms with van der Waals surface area (Å²) in [6.45, 7) is 0.318.